The van der Waals surface area contributed by atoms with Gasteiger partial charge < -0.3 is 28.7 Å². The number of benzene rings is 2. The summed E-state index contributed by atoms with van der Waals surface area (Å²) in [4.78, 5) is 20.1. The first kappa shape index (κ1) is 25.9. The molecule has 4 rings (SSSR count). The molecular formula is C28H39N3O5. The first-order chi connectivity index (χ1) is 17.6. The number of piperidine rings is 1. The monoisotopic (exact) mass is 497 g/mol. The molecule has 2 aromatic rings. The van der Waals surface area contributed by atoms with E-state index in [0.29, 0.717) is 29.8 Å². The highest BCUT2D eigenvalue weighted by molar-refractivity contribution is 5.79. The van der Waals surface area contributed by atoms with Crippen molar-refractivity contribution in [1.29, 1.82) is 0 Å². The minimum absolute atomic E-state index is 0.100. The van der Waals surface area contributed by atoms with Gasteiger partial charge in [0.05, 0.1) is 33.6 Å². The van der Waals surface area contributed by atoms with Gasteiger partial charge in [-0.05, 0) is 62.7 Å². The number of carbonyl (C=O) groups is 1. The topological polar surface area (TPSA) is 63.7 Å². The van der Waals surface area contributed by atoms with Crippen LogP contribution in [0.2, 0.25) is 0 Å². The number of amides is 1. The van der Waals surface area contributed by atoms with Crippen LogP contribution in [0.1, 0.15) is 25.3 Å². The van der Waals surface area contributed by atoms with Gasteiger partial charge in [0.2, 0.25) is 11.7 Å². The highest BCUT2D eigenvalue weighted by Gasteiger charge is 2.31. The molecule has 0 unspecified atom stereocenters. The van der Waals surface area contributed by atoms with Crippen molar-refractivity contribution in [2.75, 3.05) is 72.1 Å². The van der Waals surface area contributed by atoms with E-state index in [0.717, 1.165) is 75.7 Å². The van der Waals surface area contributed by atoms with Crippen LogP contribution in [0.15, 0.2) is 36.4 Å². The molecule has 0 atom stereocenters. The number of hydrogen-bond acceptors (Lipinski definition) is 7. The lowest BCUT2D eigenvalue weighted by Crippen LogP contribution is -2.51. The van der Waals surface area contributed by atoms with Crippen molar-refractivity contribution >= 4 is 11.6 Å². The summed E-state index contributed by atoms with van der Waals surface area (Å²) in [5.74, 6) is 3.26. The summed E-state index contributed by atoms with van der Waals surface area (Å²) < 4.78 is 22.2. The smallest absolute Gasteiger partial charge is 0.225 e. The van der Waals surface area contributed by atoms with Crippen LogP contribution in [0.3, 0.4) is 0 Å². The Bertz CT molecular complexity index is 989. The Labute approximate surface area is 214 Å². The zero-order chi connectivity index (χ0) is 25.5. The third kappa shape index (κ3) is 5.81. The number of anilines is 1. The molecule has 0 N–H and O–H groups in total. The molecule has 36 heavy (non-hydrogen) atoms. The van der Waals surface area contributed by atoms with Gasteiger partial charge in [0.1, 0.15) is 5.75 Å². The predicted molar refractivity (Wildman–Crippen MR) is 141 cm³/mol. The molecule has 0 radical (unpaired) electrons. The summed E-state index contributed by atoms with van der Waals surface area (Å²) in [6.07, 6.45) is 1.77. The van der Waals surface area contributed by atoms with E-state index in [-0.39, 0.29) is 5.92 Å². The van der Waals surface area contributed by atoms with Crippen molar-refractivity contribution in [3.05, 3.63) is 42.0 Å². The average Bonchev–Trinajstić information content (AvgIpc) is 2.93. The van der Waals surface area contributed by atoms with Gasteiger partial charge in [-0.3, -0.25) is 9.69 Å². The van der Waals surface area contributed by atoms with E-state index in [1.165, 1.54) is 0 Å². The number of nitrogens with zero attached hydrogens (tertiary/aromatic N) is 3. The first-order valence-corrected chi connectivity index (χ1v) is 12.8. The number of methoxy groups -OCH3 is 3. The average molecular weight is 498 g/mol. The van der Waals surface area contributed by atoms with Crippen molar-refractivity contribution in [2.45, 2.75) is 26.3 Å². The highest BCUT2D eigenvalue weighted by atomic mass is 16.5. The maximum Gasteiger partial charge on any atom is 0.225 e. The van der Waals surface area contributed by atoms with E-state index in [1.54, 1.807) is 21.3 Å². The zero-order valence-electron chi connectivity index (χ0n) is 22.0. The van der Waals surface area contributed by atoms with Crippen LogP contribution in [0.25, 0.3) is 0 Å². The van der Waals surface area contributed by atoms with Gasteiger partial charge in [-0.15, -0.1) is 0 Å². The van der Waals surface area contributed by atoms with Gasteiger partial charge in [-0.1, -0.05) is 12.1 Å². The molecular weight excluding hydrogens is 458 g/mol. The van der Waals surface area contributed by atoms with Crippen LogP contribution in [-0.2, 0) is 11.3 Å². The van der Waals surface area contributed by atoms with Crippen LogP contribution in [0.4, 0.5) is 5.69 Å². The molecule has 0 saturated carbocycles. The first-order valence-electron chi connectivity index (χ1n) is 12.8. The van der Waals surface area contributed by atoms with E-state index >= 15 is 0 Å². The minimum Gasteiger partial charge on any atom is -0.493 e. The number of rotatable bonds is 9. The predicted octanol–water partition coefficient (Wildman–Crippen LogP) is 3.67. The third-order valence-corrected chi connectivity index (χ3v) is 7.16. The third-order valence-electron chi connectivity index (χ3n) is 7.16. The fraction of sp³-hybridized carbons (Fsp3) is 0.536. The second-order valence-corrected chi connectivity index (χ2v) is 9.30. The zero-order valence-corrected chi connectivity index (χ0v) is 22.0. The van der Waals surface area contributed by atoms with Crippen LogP contribution >= 0.6 is 0 Å². The fourth-order valence-corrected chi connectivity index (χ4v) is 5.24. The highest BCUT2D eigenvalue weighted by Crippen LogP contribution is 2.38. The van der Waals surface area contributed by atoms with Crippen LogP contribution < -0.4 is 23.8 Å². The number of ether oxygens (including phenoxy) is 4. The number of carbonyl (C=O) groups excluding carboxylic acids is 1. The Hall–Kier alpha value is -3.13. The Kier molecular flexibility index (Phi) is 8.80. The quantitative estimate of drug-likeness (QED) is 0.524. The van der Waals surface area contributed by atoms with Gasteiger partial charge in [-0.2, -0.15) is 0 Å². The largest absolute Gasteiger partial charge is 0.493 e. The van der Waals surface area contributed by atoms with E-state index in [2.05, 4.69) is 20.8 Å². The normalized spacial score (nSPS) is 17.1. The molecule has 2 aliphatic rings. The number of hydrogen-bond donors (Lipinski definition) is 0. The molecule has 8 heteroatoms. The minimum atomic E-state index is 0.100. The van der Waals surface area contributed by atoms with E-state index in [4.69, 9.17) is 18.9 Å². The molecule has 2 aliphatic heterocycles. The molecule has 196 valence electrons. The molecule has 8 nitrogen and oxygen atoms in total. The van der Waals surface area contributed by atoms with Crippen LogP contribution in [0.5, 0.6) is 23.0 Å². The van der Waals surface area contributed by atoms with Crippen molar-refractivity contribution in [3.63, 3.8) is 0 Å². The SMILES string of the molecule is CCOc1ccccc1N1CCN(C(=O)C2CCN(Cc3cc(OC)c(OC)c(OC)c3)CC2)CC1. The summed E-state index contributed by atoms with van der Waals surface area (Å²) in [5.41, 5.74) is 2.23. The number of likely N-dealkylation sites (tertiary alicyclic amines) is 1. The fourth-order valence-electron chi connectivity index (χ4n) is 5.24. The summed E-state index contributed by atoms with van der Waals surface area (Å²) in [6.45, 7) is 8.40. The molecule has 2 aromatic carbocycles. The molecule has 0 aliphatic carbocycles. The second kappa shape index (κ2) is 12.2. The molecule has 0 bridgehead atoms. The summed E-state index contributed by atoms with van der Waals surface area (Å²) in [5, 5.41) is 0. The second-order valence-electron chi connectivity index (χ2n) is 9.30. The Balaban J connectivity index is 1.29. The molecule has 2 saturated heterocycles. The summed E-state index contributed by atoms with van der Waals surface area (Å²) >= 11 is 0. The maximum atomic E-state index is 13.3. The lowest BCUT2D eigenvalue weighted by Gasteiger charge is -2.39. The van der Waals surface area contributed by atoms with Gasteiger partial charge in [0.15, 0.2) is 11.5 Å². The standard InChI is InChI=1S/C28H39N3O5/c1-5-36-24-9-7-6-8-23(24)30-14-16-31(17-15-30)28(32)22-10-12-29(13-11-22)20-21-18-25(33-2)27(35-4)26(19-21)34-3/h6-9,18-19,22H,5,10-17,20H2,1-4H3. The Morgan fingerprint density at radius 3 is 2.08 bits per heavy atom. The van der Waals surface area contributed by atoms with Crippen LogP contribution in [-0.4, -0.2) is 82.9 Å². The van der Waals surface area contributed by atoms with Gasteiger partial charge in [0.25, 0.3) is 0 Å². The lowest BCUT2D eigenvalue weighted by atomic mass is 9.94. The summed E-state index contributed by atoms with van der Waals surface area (Å²) in [7, 11) is 4.88. The van der Waals surface area contributed by atoms with Crippen LogP contribution in [0, 0.1) is 5.92 Å². The Morgan fingerprint density at radius 1 is 0.861 bits per heavy atom. The number of piperazine rings is 1. The molecule has 1 amide bonds. The van der Waals surface area contributed by atoms with E-state index in [1.807, 2.05) is 37.3 Å². The molecule has 0 aromatic heterocycles. The maximum absolute atomic E-state index is 13.3. The molecule has 0 spiro atoms. The number of para-hydroxylation sites is 2. The van der Waals surface area contributed by atoms with Crippen molar-refractivity contribution < 1.29 is 23.7 Å². The van der Waals surface area contributed by atoms with Crippen molar-refractivity contribution in [2.24, 2.45) is 5.92 Å². The van der Waals surface area contributed by atoms with Crippen molar-refractivity contribution in [1.82, 2.24) is 9.80 Å². The Morgan fingerprint density at radius 2 is 1.50 bits per heavy atom. The van der Waals surface area contributed by atoms with Gasteiger partial charge in [0, 0.05) is 38.6 Å². The van der Waals surface area contributed by atoms with Gasteiger partial charge >= 0.3 is 0 Å². The molecule has 2 heterocycles. The van der Waals surface area contributed by atoms with Gasteiger partial charge in [-0.25, -0.2) is 0 Å². The summed E-state index contributed by atoms with van der Waals surface area (Å²) in [6, 6.07) is 12.2. The molecule has 2 fully saturated rings. The lowest BCUT2D eigenvalue weighted by molar-refractivity contribution is -0.137. The van der Waals surface area contributed by atoms with E-state index in [9.17, 15) is 4.79 Å². The van der Waals surface area contributed by atoms with Crippen molar-refractivity contribution in [3.8, 4) is 23.0 Å². The van der Waals surface area contributed by atoms with E-state index < -0.39 is 0 Å².